The normalized spacial score (nSPS) is 11.9. The zero-order valence-electron chi connectivity index (χ0n) is 21.5. The molecule has 1 heterocycles. The van der Waals surface area contributed by atoms with Crippen LogP contribution in [0.15, 0.2) is 106 Å². The molecule has 0 saturated heterocycles. The molecular weight excluding hydrogens is 512 g/mol. The number of rotatable bonds is 10. The fourth-order valence-corrected chi connectivity index (χ4v) is 4.64. The highest BCUT2D eigenvalue weighted by molar-refractivity contribution is 8.00. The summed E-state index contributed by atoms with van der Waals surface area (Å²) in [5.74, 6) is -0.0855. The molecule has 4 aromatic rings. The number of nitrogens with zero attached hydrogens (tertiary/aromatic N) is 1. The Bertz CT molecular complexity index is 1470. The third-order valence-electron chi connectivity index (χ3n) is 5.55. The molecule has 3 N–H and O–H groups in total. The largest absolute Gasteiger partial charge is 0.360 e. The summed E-state index contributed by atoms with van der Waals surface area (Å²) in [4.78, 5) is 39.7. The van der Waals surface area contributed by atoms with Crippen molar-refractivity contribution in [2.24, 2.45) is 0 Å². The first kappa shape index (κ1) is 27.4. The van der Waals surface area contributed by atoms with E-state index in [4.69, 9.17) is 4.52 Å². The van der Waals surface area contributed by atoms with Gasteiger partial charge in [-0.05, 0) is 55.3 Å². The van der Waals surface area contributed by atoms with E-state index in [0.29, 0.717) is 29.2 Å². The lowest BCUT2D eigenvalue weighted by Gasteiger charge is -2.15. The molecule has 0 radical (unpaired) electrons. The highest BCUT2D eigenvalue weighted by Gasteiger charge is 2.20. The van der Waals surface area contributed by atoms with Crippen molar-refractivity contribution in [3.8, 4) is 0 Å². The lowest BCUT2D eigenvalue weighted by molar-refractivity contribution is -0.116. The summed E-state index contributed by atoms with van der Waals surface area (Å²) in [7, 11) is 0. The number of hydrogen-bond donors (Lipinski definition) is 3. The summed E-state index contributed by atoms with van der Waals surface area (Å²) >= 11 is 1.38. The number of amides is 3. The Balaban J connectivity index is 1.48. The van der Waals surface area contributed by atoms with Gasteiger partial charge in [0, 0.05) is 22.2 Å². The van der Waals surface area contributed by atoms with Gasteiger partial charge in [-0.15, -0.1) is 11.8 Å². The Kier molecular flexibility index (Phi) is 9.31. The van der Waals surface area contributed by atoms with Gasteiger partial charge in [0.25, 0.3) is 11.8 Å². The maximum atomic E-state index is 13.3. The van der Waals surface area contributed by atoms with Crippen LogP contribution in [0.5, 0.6) is 0 Å². The van der Waals surface area contributed by atoms with Crippen LogP contribution in [0.3, 0.4) is 0 Å². The van der Waals surface area contributed by atoms with Gasteiger partial charge in [0.05, 0.1) is 5.25 Å². The summed E-state index contributed by atoms with van der Waals surface area (Å²) in [6, 6.07) is 26.8. The van der Waals surface area contributed by atoms with Crippen molar-refractivity contribution in [1.82, 2.24) is 10.5 Å². The minimum absolute atomic E-state index is 0.0989. The van der Waals surface area contributed by atoms with Crippen LogP contribution in [-0.4, -0.2) is 28.1 Å². The lowest BCUT2D eigenvalue weighted by atomic mass is 10.1. The first-order valence-electron chi connectivity index (χ1n) is 12.4. The zero-order valence-corrected chi connectivity index (χ0v) is 22.3. The Hall–Kier alpha value is -4.63. The molecule has 0 spiro atoms. The van der Waals surface area contributed by atoms with E-state index in [9.17, 15) is 14.4 Å². The quantitative estimate of drug-likeness (QED) is 0.170. The minimum atomic E-state index is -0.475. The van der Waals surface area contributed by atoms with Gasteiger partial charge in [-0.1, -0.05) is 66.7 Å². The Morgan fingerprint density at radius 1 is 0.923 bits per heavy atom. The van der Waals surface area contributed by atoms with Gasteiger partial charge < -0.3 is 20.5 Å². The fraction of sp³-hybridized carbons (Fsp3) is 0.133. The topological polar surface area (TPSA) is 113 Å². The molecule has 0 fully saturated rings. The molecule has 0 saturated carbocycles. The van der Waals surface area contributed by atoms with E-state index >= 15 is 0 Å². The standard InChI is InChI=1S/C30H28N4O4S/c1-3-26(30(37)33-27-17-20(2)38-34-27)39-24-16-10-15-23(19-24)31-29(36)25(18-21-11-6-4-7-12-21)32-28(35)22-13-8-5-9-14-22/h4-19,26H,3H2,1-2H3,(H,31,36)(H,32,35)(H,33,34,37)/b25-18-. The molecule has 1 unspecified atom stereocenters. The van der Waals surface area contributed by atoms with Gasteiger partial charge in [0.2, 0.25) is 5.91 Å². The molecule has 39 heavy (non-hydrogen) atoms. The van der Waals surface area contributed by atoms with E-state index in [1.165, 1.54) is 11.8 Å². The van der Waals surface area contributed by atoms with Gasteiger partial charge in [0.1, 0.15) is 11.5 Å². The van der Waals surface area contributed by atoms with Gasteiger partial charge in [0.15, 0.2) is 5.82 Å². The van der Waals surface area contributed by atoms with Gasteiger partial charge in [-0.2, -0.15) is 0 Å². The third-order valence-corrected chi connectivity index (χ3v) is 6.91. The average Bonchev–Trinajstić information content (AvgIpc) is 3.36. The lowest BCUT2D eigenvalue weighted by Crippen LogP contribution is -2.30. The molecule has 198 valence electrons. The maximum Gasteiger partial charge on any atom is 0.272 e. The molecule has 8 nitrogen and oxygen atoms in total. The molecule has 3 aromatic carbocycles. The van der Waals surface area contributed by atoms with E-state index in [1.54, 1.807) is 61.5 Å². The maximum absolute atomic E-state index is 13.3. The number of nitrogens with one attached hydrogen (secondary N) is 3. The van der Waals surface area contributed by atoms with Crippen molar-refractivity contribution in [2.45, 2.75) is 30.4 Å². The molecule has 0 bridgehead atoms. The van der Waals surface area contributed by atoms with Crippen molar-refractivity contribution in [3.05, 3.63) is 114 Å². The van der Waals surface area contributed by atoms with Crippen LogP contribution in [-0.2, 0) is 9.59 Å². The molecular formula is C30H28N4O4S. The van der Waals surface area contributed by atoms with Crippen LogP contribution in [0.2, 0.25) is 0 Å². The van der Waals surface area contributed by atoms with Gasteiger partial charge >= 0.3 is 0 Å². The van der Waals surface area contributed by atoms with Crippen molar-refractivity contribution < 1.29 is 18.9 Å². The molecule has 1 atom stereocenters. The molecule has 1 aromatic heterocycles. The third kappa shape index (κ3) is 7.93. The summed E-state index contributed by atoms with van der Waals surface area (Å²) in [5, 5.41) is 11.8. The van der Waals surface area contributed by atoms with E-state index in [1.807, 2.05) is 49.4 Å². The molecule has 9 heteroatoms. The smallest absolute Gasteiger partial charge is 0.272 e. The average molecular weight is 541 g/mol. The summed E-state index contributed by atoms with van der Waals surface area (Å²) < 4.78 is 5.01. The van der Waals surface area contributed by atoms with Gasteiger partial charge in [-0.3, -0.25) is 14.4 Å². The number of aromatic nitrogens is 1. The van der Waals surface area contributed by atoms with Crippen LogP contribution in [0.25, 0.3) is 6.08 Å². The Morgan fingerprint density at radius 3 is 2.31 bits per heavy atom. The summed E-state index contributed by atoms with van der Waals surface area (Å²) in [6.45, 7) is 3.68. The number of benzene rings is 3. The second kappa shape index (κ2) is 13.3. The Labute approximate surface area is 230 Å². The molecule has 0 aliphatic carbocycles. The van der Waals surface area contributed by atoms with Gasteiger partial charge in [-0.25, -0.2) is 0 Å². The zero-order chi connectivity index (χ0) is 27.6. The first-order valence-corrected chi connectivity index (χ1v) is 13.2. The number of carbonyl (C=O) groups is 3. The highest BCUT2D eigenvalue weighted by Crippen LogP contribution is 2.28. The van der Waals surface area contributed by atoms with Crippen molar-refractivity contribution in [1.29, 1.82) is 0 Å². The fourth-order valence-electron chi connectivity index (χ4n) is 3.62. The SMILES string of the molecule is CCC(Sc1cccc(NC(=O)/C(=C/c2ccccc2)NC(=O)c2ccccc2)c1)C(=O)Nc1cc(C)on1. The molecule has 3 amide bonds. The predicted molar refractivity (Wildman–Crippen MR) is 153 cm³/mol. The number of aryl methyl sites for hydroxylation is 1. The number of carbonyl (C=O) groups excluding carboxylic acids is 3. The Morgan fingerprint density at radius 2 is 1.64 bits per heavy atom. The highest BCUT2D eigenvalue weighted by atomic mass is 32.2. The van der Waals surface area contributed by atoms with Crippen molar-refractivity contribution in [3.63, 3.8) is 0 Å². The van der Waals surface area contributed by atoms with E-state index in [-0.39, 0.29) is 16.9 Å². The number of anilines is 2. The predicted octanol–water partition coefficient (Wildman–Crippen LogP) is 5.90. The first-order chi connectivity index (χ1) is 18.9. The van der Waals surface area contributed by atoms with Crippen molar-refractivity contribution >= 4 is 47.1 Å². The van der Waals surface area contributed by atoms with E-state index in [0.717, 1.165) is 10.5 Å². The van der Waals surface area contributed by atoms with Crippen LogP contribution < -0.4 is 16.0 Å². The second-order valence-corrected chi connectivity index (χ2v) is 9.87. The van der Waals surface area contributed by atoms with E-state index in [2.05, 4.69) is 21.1 Å². The molecule has 4 rings (SSSR count). The van der Waals surface area contributed by atoms with Crippen molar-refractivity contribution in [2.75, 3.05) is 10.6 Å². The van der Waals surface area contributed by atoms with Crippen LogP contribution >= 0.6 is 11.8 Å². The molecule has 0 aliphatic rings. The number of hydrogen-bond acceptors (Lipinski definition) is 6. The number of thioether (sulfide) groups is 1. The van der Waals surface area contributed by atoms with Crippen LogP contribution in [0.4, 0.5) is 11.5 Å². The van der Waals surface area contributed by atoms with Crippen LogP contribution in [0, 0.1) is 6.92 Å². The van der Waals surface area contributed by atoms with E-state index < -0.39 is 11.8 Å². The molecule has 0 aliphatic heterocycles. The summed E-state index contributed by atoms with van der Waals surface area (Å²) in [6.07, 6.45) is 2.21. The second-order valence-electron chi connectivity index (χ2n) is 8.60. The minimum Gasteiger partial charge on any atom is -0.360 e. The monoisotopic (exact) mass is 540 g/mol. The summed E-state index contributed by atoms with van der Waals surface area (Å²) in [5.41, 5.74) is 1.83. The van der Waals surface area contributed by atoms with Crippen LogP contribution in [0.1, 0.15) is 35.0 Å².